The Labute approximate surface area is 101 Å². The van der Waals surface area contributed by atoms with Crippen molar-refractivity contribution in [2.24, 2.45) is 11.5 Å². The van der Waals surface area contributed by atoms with Gasteiger partial charge in [-0.05, 0) is 25.0 Å². The van der Waals surface area contributed by atoms with E-state index in [9.17, 15) is 4.79 Å². The molecule has 0 atom stereocenters. The summed E-state index contributed by atoms with van der Waals surface area (Å²) in [6.07, 6.45) is 4.46. The molecule has 17 heavy (non-hydrogen) atoms. The van der Waals surface area contributed by atoms with Crippen molar-refractivity contribution < 1.29 is 4.79 Å². The fraction of sp³-hybridized carbons (Fsp3) is 0.500. The van der Waals surface area contributed by atoms with Gasteiger partial charge in [-0.15, -0.1) is 0 Å². The Balaban J connectivity index is 2.17. The minimum atomic E-state index is -0.512. The predicted molar refractivity (Wildman–Crippen MR) is 66.6 cm³/mol. The number of hydrogen-bond donors (Lipinski definition) is 3. The van der Waals surface area contributed by atoms with E-state index in [1.54, 1.807) is 12.1 Å². The molecule has 92 valence electrons. The van der Waals surface area contributed by atoms with Crippen LogP contribution in [0.2, 0.25) is 0 Å². The molecule has 1 aromatic heterocycles. The fourth-order valence-electron chi connectivity index (χ4n) is 2.35. The maximum atomic E-state index is 11.0. The molecule has 1 aliphatic carbocycles. The van der Waals surface area contributed by atoms with Crippen molar-refractivity contribution in [2.75, 3.05) is 11.9 Å². The lowest BCUT2D eigenvalue weighted by Gasteiger charge is -2.29. The molecule has 0 radical (unpaired) electrons. The van der Waals surface area contributed by atoms with Crippen LogP contribution in [0.3, 0.4) is 0 Å². The first-order valence-corrected chi connectivity index (χ1v) is 5.90. The van der Waals surface area contributed by atoms with Crippen LogP contribution >= 0.6 is 0 Å². The number of nitrogens with zero attached hydrogens (tertiary/aromatic N) is 1. The van der Waals surface area contributed by atoms with Crippen LogP contribution in [0.1, 0.15) is 36.2 Å². The van der Waals surface area contributed by atoms with Crippen molar-refractivity contribution in [3.63, 3.8) is 0 Å². The monoisotopic (exact) mass is 234 g/mol. The average Bonchev–Trinajstić information content (AvgIpc) is 2.78. The zero-order valence-electron chi connectivity index (χ0n) is 9.78. The van der Waals surface area contributed by atoms with Crippen LogP contribution in [0.4, 0.5) is 5.82 Å². The van der Waals surface area contributed by atoms with Crippen molar-refractivity contribution in [2.45, 2.75) is 31.2 Å². The van der Waals surface area contributed by atoms with Gasteiger partial charge in [0.2, 0.25) is 0 Å². The minimum absolute atomic E-state index is 0.0662. The molecule has 1 heterocycles. The second-order valence-corrected chi connectivity index (χ2v) is 4.59. The molecule has 5 heteroatoms. The number of pyridine rings is 1. The van der Waals surface area contributed by atoms with E-state index in [4.69, 9.17) is 11.5 Å². The van der Waals surface area contributed by atoms with Crippen LogP contribution in [-0.2, 0) is 0 Å². The van der Waals surface area contributed by atoms with Gasteiger partial charge in [0.25, 0.3) is 5.91 Å². The lowest BCUT2D eigenvalue weighted by atomic mass is 9.98. The molecule has 0 saturated heterocycles. The number of hydrogen-bond acceptors (Lipinski definition) is 4. The van der Waals surface area contributed by atoms with Gasteiger partial charge in [-0.25, -0.2) is 4.98 Å². The summed E-state index contributed by atoms with van der Waals surface area (Å²) in [6.45, 7) is 0.579. The van der Waals surface area contributed by atoms with Crippen LogP contribution < -0.4 is 16.8 Å². The van der Waals surface area contributed by atoms with E-state index >= 15 is 0 Å². The number of rotatable bonds is 4. The zero-order valence-corrected chi connectivity index (χ0v) is 9.78. The summed E-state index contributed by atoms with van der Waals surface area (Å²) in [5.41, 5.74) is 11.2. The lowest BCUT2D eigenvalue weighted by Crippen LogP contribution is -2.43. The van der Waals surface area contributed by atoms with Crippen molar-refractivity contribution in [1.29, 1.82) is 0 Å². The first-order chi connectivity index (χ1) is 8.15. The topological polar surface area (TPSA) is 94.0 Å². The summed E-state index contributed by atoms with van der Waals surface area (Å²) in [7, 11) is 0. The summed E-state index contributed by atoms with van der Waals surface area (Å²) >= 11 is 0. The minimum Gasteiger partial charge on any atom is -0.364 e. The van der Waals surface area contributed by atoms with Gasteiger partial charge in [-0.3, -0.25) is 4.79 Å². The van der Waals surface area contributed by atoms with Crippen LogP contribution in [0, 0.1) is 0 Å². The Kier molecular flexibility index (Phi) is 3.28. The first-order valence-electron chi connectivity index (χ1n) is 5.90. The molecule has 0 spiro atoms. The highest BCUT2D eigenvalue weighted by Crippen LogP contribution is 2.31. The second-order valence-electron chi connectivity index (χ2n) is 4.59. The van der Waals surface area contributed by atoms with Crippen LogP contribution in [0.25, 0.3) is 0 Å². The molecule has 0 aromatic carbocycles. The molecule has 5 nitrogen and oxygen atoms in total. The van der Waals surface area contributed by atoms with Crippen molar-refractivity contribution in [3.05, 3.63) is 23.9 Å². The molecular formula is C12H18N4O. The highest BCUT2D eigenvalue weighted by molar-refractivity contribution is 5.91. The van der Waals surface area contributed by atoms with E-state index in [2.05, 4.69) is 10.3 Å². The largest absolute Gasteiger partial charge is 0.364 e. The Bertz CT molecular complexity index is 413. The van der Waals surface area contributed by atoms with Gasteiger partial charge in [0, 0.05) is 6.54 Å². The van der Waals surface area contributed by atoms with Crippen LogP contribution in [-0.4, -0.2) is 23.0 Å². The highest BCUT2D eigenvalue weighted by Gasteiger charge is 2.32. The van der Waals surface area contributed by atoms with E-state index in [0.717, 1.165) is 12.8 Å². The molecule has 1 amide bonds. The van der Waals surface area contributed by atoms with Gasteiger partial charge in [0.05, 0.1) is 5.54 Å². The number of anilines is 1. The molecule has 0 bridgehead atoms. The van der Waals surface area contributed by atoms with Crippen molar-refractivity contribution in [3.8, 4) is 0 Å². The summed E-state index contributed by atoms with van der Waals surface area (Å²) in [5, 5.41) is 3.36. The quantitative estimate of drug-likeness (QED) is 0.720. The van der Waals surface area contributed by atoms with Crippen molar-refractivity contribution in [1.82, 2.24) is 4.98 Å². The smallest absolute Gasteiger partial charge is 0.267 e. The lowest BCUT2D eigenvalue weighted by molar-refractivity contribution is 0.0995. The van der Waals surface area contributed by atoms with Crippen LogP contribution in [0.5, 0.6) is 0 Å². The molecular weight excluding hydrogens is 216 g/mol. The number of amides is 1. The molecule has 1 aliphatic rings. The molecule has 5 N–H and O–H groups in total. The normalized spacial score (nSPS) is 17.9. The van der Waals surface area contributed by atoms with E-state index < -0.39 is 5.91 Å². The highest BCUT2D eigenvalue weighted by atomic mass is 16.1. The predicted octanol–water partition coefficient (Wildman–Crippen LogP) is 0.864. The van der Waals surface area contributed by atoms with E-state index in [0.29, 0.717) is 12.4 Å². The van der Waals surface area contributed by atoms with Gasteiger partial charge in [0.15, 0.2) is 0 Å². The third kappa shape index (κ3) is 2.55. The first kappa shape index (κ1) is 11.9. The number of aromatic nitrogens is 1. The standard InChI is InChI=1S/C12H18N4O/c13-8-12(6-1-2-7-12)16-10-5-3-4-9(15-10)11(14)17/h3-5H,1-2,6-8,13H2,(H2,14,17)(H,15,16). The Morgan fingerprint density at radius 1 is 1.41 bits per heavy atom. The molecule has 2 rings (SSSR count). The third-order valence-electron chi connectivity index (χ3n) is 3.35. The number of nitrogens with one attached hydrogen (secondary N) is 1. The number of nitrogens with two attached hydrogens (primary N) is 2. The fourth-order valence-corrected chi connectivity index (χ4v) is 2.35. The third-order valence-corrected chi connectivity index (χ3v) is 3.35. The molecule has 1 fully saturated rings. The van der Waals surface area contributed by atoms with Crippen LogP contribution in [0.15, 0.2) is 18.2 Å². The Hall–Kier alpha value is -1.62. The average molecular weight is 234 g/mol. The Morgan fingerprint density at radius 3 is 2.71 bits per heavy atom. The molecule has 1 saturated carbocycles. The number of primary amides is 1. The Morgan fingerprint density at radius 2 is 2.12 bits per heavy atom. The van der Waals surface area contributed by atoms with Gasteiger partial charge in [0.1, 0.15) is 11.5 Å². The maximum absolute atomic E-state index is 11.0. The van der Waals surface area contributed by atoms with Gasteiger partial charge in [-0.2, -0.15) is 0 Å². The summed E-state index contributed by atoms with van der Waals surface area (Å²) in [4.78, 5) is 15.2. The van der Waals surface area contributed by atoms with Crippen molar-refractivity contribution >= 4 is 11.7 Å². The van der Waals surface area contributed by atoms with Gasteiger partial charge >= 0.3 is 0 Å². The van der Waals surface area contributed by atoms with Gasteiger partial charge < -0.3 is 16.8 Å². The number of carbonyl (C=O) groups is 1. The number of carbonyl (C=O) groups excluding carboxylic acids is 1. The summed E-state index contributed by atoms with van der Waals surface area (Å²) < 4.78 is 0. The molecule has 1 aromatic rings. The summed E-state index contributed by atoms with van der Waals surface area (Å²) in [5.74, 6) is 0.163. The zero-order chi connectivity index (χ0) is 12.3. The van der Waals surface area contributed by atoms with E-state index in [1.165, 1.54) is 12.8 Å². The van der Waals surface area contributed by atoms with E-state index in [-0.39, 0.29) is 11.2 Å². The van der Waals surface area contributed by atoms with Gasteiger partial charge in [-0.1, -0.05) is 18.9 Å². The SMILES string of the molecule is NCC1(Nc2cccc(C(N)=O)n2)CCCC1. The van der Waals surface area contributed by atoms with E-state index in [1.807, 2.05) is 6.07 Å². The maximum Gasteiger partial charge on any atom is 0.267 e. The summed E-state index contributed by atoms with van der Waals surface area (Å²) in [6, 6.07) is 5.22. The second kappa shape index (κ2) is 4.71. The molecule has 0 aliphatic heterocycles. The molecule has 0 unspecified atom stereocenters.